The van der Waals surface area contributed by atoms with Crippen molar-refractivity contribution in [1.82, 2.24) is 4.72 Å². The van der Waals surface area contributed by atoms with Crippen LogP contribution in [0.15, 0.2) is 39.9 Å². The van der Waals surface area contributed by atoms with Crippen molar-refractivity contribution >= 4 is 21.4 Å². The molecule has 0 atom stereocenters. The third kappa shape index (κ3) is 3.30. The van der Waals surface area contributed by atoms with Crippen LogP contribution in [-0.2, 0) is 16.6 Å². The maximum Gasteiger partial charge on any atom is 0.244 e. The fourth-order valence-corrected chi connectivity index (χ4v) is 3.48. The number of ether oxygens (including phenoxy) is 2. The number of methoxy groups -OCH3 is 2. The monoisotopic (exact) mass is 313 g/mol. The van der Waals surface area contributed by atoms with Gasteiger partial charge >= 0.3 is 0 Å². The van der Waals surface area contributed by atoms with Crippen LogP contribution in [0.1, 0.15) is 5.56 Å². The van der Waals surface area contributed by atoms with E-state index in [9.17, 15) is 8.42 Å². The van der Waals surface area contributed by atoms with E-state index in [2.05, 4.69) is 4.72 Å². The Morgan fingerprint density at radius 1 is 1.20 bits per heavy atom. The highest BCUT2D eigenvalue weighted by Crippen LogP contribution is 2.28. The van der Waals surface area contributed by atoms with E-state index >= 15 is 0 Å². The zero-order valence-corrected chi connectivity index (χ0v) is 12.8. The van der Waals surface area contributed by atoms with Crippen molar-refractivity contribution < 1.29 is 17.9 Å². The lowest BCUT2D eigenvalue weighted by atomic mass is 10.3. The molecule has 0 aliphatic carbocycles. The number of thiophene rings is 1. The summed E-state index contributed by atoms with van der Waals surface area (Å²) in [4.78, 5) is 0.0935. The van der Waals surface area contributed by atoms with Crippen LogP contribution in [0.3, 0.4) is 0 Å². The normalized spacial score (nSPS) is 11.3. The largest absolute Gasteiger partial charge is 0.497 e. The van der Waals surface area contributed by atoms with Crippen LogP contribution in [0.2, 0.25) is 0 Å². The third-order valence-corrected chi connectivity index (χ3v) is 4.88. The van der Waals surface area contributed by atoms with Gasteiger partial charge in [-0.25, -0.2) is 13.1 Å². The second-order valence-corrected chi connectivity index (χ2v) is 6.49. The lowest BCUT2D eigenvalue weighted by molar-refractivity contribution is 0.386. The third-order valence-electron chi connectivity index (χ3n) is 2.71. The molecule has 0 unspecified atom stereocenters. The van der Waals surface area contributed by atoms with Gasteiger partial charge in [-0.1, -0.05) is 0 Å². The van der Waals surface area contributed by atoms with Gasteiger partial charge in [-0.05, 0) is 34.5 Å². The molecule has 0 fully saturated rings. The van der Waals surface area contributed by atoms with E-state index in [1.165, 1.54) is 31.6 Å². The van der Waals surface area contributed by atoms with Crippen LogP contribution >= 0.6 is 11.3 Å². The predicted octanol–water partition coefficient (Wildman–Crippen LogP) is 2.24. The maximum atomic E-state index is 12.3. The molecule has 7 heteroatoms. The molecule has 0 spiro atoms. The van der Waals surface area contributed by atoms with Gasteiger partial charge in [0.25, 0.3) is 0 Å². The fraction of sp³-hybridized carbons (Fsp3) is 0.231. The van der Waals surface area contributed by atoms with Gasteiger partial charge in [0.1, 0.15) is 16.4 Å². The highest BCUT2D eigenvalue weighted by molar-refractivity contribution is 7.89. The molecule has 2 rings (SSSR count). The molecule has 0 amide bonds. The zero-order valence-electron chi connectivity index (χ0n) is 11.1. The Balaban J connectivity index is 2.24. The summed E-state index contributed by atoms with van der Waals surface area (Å²) < 4.78 is 37.3. The predicted molar refractivity (Wildman–Crippen MR) is 77.9 cm³/mol. The lowest BCUT2D eigenvalue weighted by Gasteiger charge is -2.11. The second-order valence-electron chi connectivity index (χ2n) is 3.97. The summed E-state index contributed by atoms with van der Waals surface area (Å²) in [6.45, 7) is 0.251. The number of nitrogens with one attached hydrogen (secondary N) is 1. The van der Waals surface area contributed by atoms with Crippen molar-refractivity contribution in [2.75, 3.05) is 14.2 Å². The van der Waals surface area contributed by atoms with Crippen molar-refractivity contribution in [1.29, 1.82) is 0 Å². The van der Waals surface area contributed by atoms with Crippen LogP contribution in [0.5, 0.6) is 11.5 Å². The van der Waals surface area contributed by atoms with Gasteiger partial charge in [-0.15, -0.1) is 0 Å². The number of sulfonamides is 1. The van der Waals surface area contributed by atoms with E-state index in [0.717, 1.165) is 5.56 Å². The first-order valence-electron chi connectivity index (χ1n) is 5.79. The SMILES string of the molecule is COc1ccc(S(=O)(=O)NCc2ccsc2)c(OC)c1. The Bertz CT molecular complexity index is 666. The van der Waals surface area contributed by atoms with E-state index in [1.807, 2.05) is 16.8 Å². The first-order valence-corrected chi connectivity index (χ1v) is 8.22. The summed E-state index contributed by atoms with van der Waals surface area (Å²) >= 11 is 1.52. The number of rotatable bonds is 6. The highest BCUT2D eigenvalue weighted by Gasteiger charge is 2.19. The van der Waals surface area contributed by atoms with Crippen LogP contribution in [-0.4, -0.2) is 22.6 Å². The maximum absolute atomic E-state index is 12.3. The quantitative estimate of drug-likeness (QED) is 0.888. The minimum absolute atomic E-state index is 0.0935. The van der Waals surface area contributed by atoms with Gasteiger partial charge in [0.05, 0.1) is 14.2 Å². The standard InChI is InChI=1S/C13H15NO4S2/c1-17-11-3-4-13(12(7-11)18-2)20(15,16)14-8-10-5-6-19-9-10/h3-7,9,14H,8H2,1-2H3. The number of hydrogen-bond donors (Lipinski definition) is 1. The molecule has 20 heavy (non-hydrogen) atoms. The molecule has 0 radical (unpaired) electrons. The summed E-state index contributed by atoms with van der Waals surface area (Å²) in [7, 11) is -0.695. The molecule has 1 N–H and O–H groups in total. The van der Waals surface area contributed by atoms with Gasteiger partial charge in [-0.2, -0.15) is 11.3 Å². The van der Waals surface area contributed by atoms with Crippen LogP contribution < -0.4 is 14.2 Å². The fourth-order valence-electron chi connectivity index (χ4n) is 1.65. The Morgan fingerprint density at radius 2 is 2.00 bits per heavy atom. The van der Waals surface area contributed by atoms with Crippen LogP contribution in [0, 0.1) is 0 Å². The molecule has 0 saturated heterocycles. The first kappa shape index (κ1) is 14.8. The van der Waals surface area contributed by atoms with Gasteiger partial charge in [0, 0.05) is 12.6 Å². The molecular weight excluding hydrogens is 298 g/mol. The summed E-state index contributed by atoms with van der Waals surface area (Å²) in [5.41, 5.74) is 0.922. The smallest absolute Gasteiger partial charge is 0.244 e. The van der Waals surface area contributed by atoms with Crippen molar-refractivity contribution in [3.63, 3.8) is 0 Å². The second kappa shape index (κ2) is 6.25. The molecule has 108 valence electrons. The Morgan fingerprint density at radius 3 is 2.60 bits per heavy atom. The Hall–Kier alpha value is -1.57. The van der Waals surface area contributed by atoms with E-state index in [4.69, 9.17) is 9.47 Å². The van der Waals surface area contributed by atoms with E-state index < -0.39 is 10.0 Å². The summed E-state index contributed by atoms with van der Waals surface area (Å²) in [6.07, 6.45) is 0. The first-order chi connectivity index (χ1) is 9.56. The van der Waals surface area contributed by atoms with Gasteiger partial charge < -0.3 is 9.47 Å². The van der Waals surface area contributed by atoms with Crippen LogP contribution in [0.25, 0.3) is 0 Å². The minimum atomic E-state index is -3.63. The summed E-state index contributed by atoms with van der Waals surface area (Å²) in [6, 6.07) is 6.47. The summed E-state index contributed by atoms with van der Waals surface area (Å²) in [5.74, 6) is 0.792. The van der Waals surface area contributed by atoms with E-state index in [1.54, 1.807) is 12.1 Å². The van der Waals surface area contributed by atoms with Crippen molar-refractivity contribution in [3.8, 4) is 11.5 Å². The lowest BCUT2D eigenvalue weighted by Crippen LogP contribution is -2.23. The average Bonchev–Trinajstić information content (AvgIpc) is 2.97. The Labute approximate surface area is 122 Å². The average molecular weight is 313 g/mol. The van der Waals surface area contributed by atoms with Crippen LogP contribution in [0.4, 0.5) is 0 Å². The summed E-state index contributed by atoms with van der Waals surface area (Å²) in [5, 5.41) is 3.80. The molecule has 0 aliphatic heterocycles. The molecule has 1 heterocycles. The van der Waals surface area contributed by atoms with Crippen molar-refractivity contribution in [2.45, 2.75) is 11.4 Å². The topological polar surface area (TPSA) is 64.6 Å². The van der Waals surface area contributed by atoms with Crippen molar-refractivity contribution in [2.24, 2.45) is 0 Å². The zero-order chi connectivity index (χ0) is 14.6. The number of hydrogen-bond acceptors (Lipinski definition) is 5. The molecule has 5 nitrogen and oxygen atoms in total. The Kier molecular flexibility index (Phi) is 4.64. The molecule has 0 saturated carbocycles. The highest BCUT2D eigenvalue weighted by atomic mass is 32.2. The van der Waals surface area contributed by atoms with E-state index in [-0.39, 0.29) is 17.2 Å². The number of benzene rings is 1. The molecule has 0 bridgehead atoms. The van der Waals surface area contributed by atoms with Gasteiger partial charge in [0.15, 0.2) is 0 Å². The van der Waals surface area contributed by atoms with E-state index in [0.29, 0.717) is 5.75 Å². The molecule has 2 aromatic rings. The minimum Gasteiger partial charge on any atom is -0.497 e. The van der Waals surface area contributed by atoms with Crippen molar-refractivity contribution in [3.05, 3.63) is 40.6 Å². The molecule has 1 aromatic heterocycles. The molecule has 1 aromatic carbocycles. The van der Waals surface area contributed by atoms with Gasteiger partial charge in [0.2, 0.25) is 10.0 Å². The van der Waals surface area contributed by atoms with Gasteiger partial charge in [-0.3, -0.25) is 0 Å². The molecular formula is C13H15NO4S2. The molecule has 0 aliphatic rings.